The lowest BCUT2D eigenvalue weighted by Crippen LogP contribution is -2.36. The number of carbonyl (C=O) groups is 1. The van der Waals surface area contributed by atoms with Crippen LogP contribution in [0.4, 0.5) is 5.69 Å². The Morgan fingerprint density at radius 3 is 3.06 bits per heavy atom. The Morgan fingerprint density at radius 1 is 1.65 bits per heavy atom. The monoisotopic (exact) mass is 234 g/mol. The van der Waals surface area contributed by atoms with Gasteiger partial charge in [0.25, 0.3) is 0 Å². The van der Waals surface area contributed by atoms with Gasteiger partial charge in [-0.2, -0.15) is 0 Å². The van der Waals surface area contributed by atoms with Gasteiger partial charge in [-0.05, 0) is 25.0 Å². The minimum Gasteiger partial charge on any atom is -0.364 e. The summed E-state index contributed by atoms with van der Waals surface area (Å²) < 4.78 is 0. The van der Waals surface area contributed by atoms with E-state index in [0.29, 0.717) is 19.1 Å². The van der Waals surface area contributed by atoms with Gasteiger partial charge in [0.1, 0.15) is 0 Å². The maximum absolute atomic E-state index is 11.7. The van der Waals surface area contributed by atoms with E-state index >= 15 is 0 Å². The molecule has 0 aliphatic heterocycles. The summed E-state index contributed by atoms with van der Waals surface area (Å²) >= 11 is 0. The highest BCUT2D eigenvalue weighted by Gasteiger charge is 2.23. The first-order chi connectivity index (χ1) is 8.20. The van der Waals surface area contributed by atoms with E-state index in [1.54, 1.807) is 6.20 Å². The zero-order valence-corrected chi connectivity index (χ0v) is 10.0. The highest BCUT2D eigenvalue weighted by molar-refractivity contribution is 5.81. The van der Waals surface area contributed by atoms with Gasteiger partial charge in [-0.1, -0.05) is 0 Å². The lowest BCUT2D eigenvalue weighted by atomic mass is 10.2. The first-order valence-electron chi connectivity index (χ1n) is 5.85. The molecule has 1 aromatic rings. The van der Waals surface area contributed by atoms with E-state index in [4.69, 9.17) is 5.73 Å². The van der Waals surface area contributed by atoms with Gasteiger partial charge in [-0.3, -0.25) is 9.78 Å². The van der Waals surface area contributed by atoms with Gasteiger partial charge in [0.15, 0.2) is 0 Å². The summed E-state index contributed by atoms with van der Waals surface area (Å²) in [4.78, 5) is 17.8. The Bertz CT molecular complexity index is 403. The van der Waals surface area contributed by atoms with Gasteiger partial charge in [-0.15, -0.1) is 0 Å². The number of nitrogens with one attached hydrogen (secondary N) is 1. The van der Waals surface area contributed by atoms with Gasteiger partial charge in [-0.25, -0.2) is 0 Å². The number of hydrogen-bond acceptors (Lipinski definition) is 4. The fraction of sp³-hybridized carbons (Fsp3) is 0.500. The Hall–Kier alpha value is -1.62. The zero-order chi connectivity index (χ0) is 12.3. The normalized spacial score (nSPS) is 14.5. The summed E-state index contributed by atoms with van der Waals surface area (Å²) in [6, 6.07) is 4.18. The number of nitrogens with zero attached hydrogens (tertiary/aromatic N) is 2. The zero-order valence-electron chi connectivity index (χ0n) is 10.0. The van der Waals surface area contributed by atoms with Gasteiger partial charge in [0.2, 0.25) is 5.91 Å². The number of amides is 1. The molecule has 1 aromatic heterocycles. The molecule has 17 heavy (non-hydrogen) atoms. The number of likely N-dealkylation sites (N-methyl/N-ethyl adjacent to an activating group) is 1. The van der Waals surface area contributed by atoms with Crippen molar-refractivity contribution in [2.45, 2.75) is 25.4 Å². The van der Waals surface area contributed by atoms with Gasteiger partial charge in [0.05, 0.1) is 17.9 Å². The summed E-state index contributed by atoms with van der Waals surface area (Å²) in [6.07, 6.45) is 3.93. The molecule has 3 N–H and O–H groups in total. The molecule has 0 atom stereocenters. The van der Waals surface area contributed by atoms with Crippen LogP contribution in [0.1, 0.15) is 18.5 Å². The van der Waals surface area contributed by atoms with E-state index < -0.39 is 0 Å². The van der Waals surface area contributed by atoms with Crippen molar-refractivity contribution in [1.29, 1.82) is 0 Å². The molecule has 0 spiro atoms. The molecular formula is C12H18N4O. The molecule has 1 saturated carbocycles. The summed E-state index contributed by atoms with van der Waals surface area (Å²) in [5.74, 6) is 0.0572. The van der Waals surface area contributed by atoms with E-state index in [1.165, 1.54) is 0 Å². The Balaban J connectivity index is 1.97. The third-order valence-corrected chi connectivity index (χ3v) is 2.79. The number of rotatable bonds is 5. The second kappa shape index (κ2) is 5.14. The van der Waals surface area contributed by atoms with Crippen LogP contribution >= 0.6 is 0 Å². The van der Waals surface area contributed by atoms with Crippen LogP contribution in [0.15, 0.2) is 18.3 Å². The first kappa shape index (κ1) is 11.9. The van der Waals surface area contributed by atoms with Crippen LogP contribution in [0.3, 0.4) is 0 Å². The molecular weight excluding hydrogens is 216 g/mol. The smallest absolute Gasteiger partial charge is 0.239 e. The third kappa shape index (κ3) is 3.17. The van der Waals surface area contributed by atoms with Crippen molar-refractivity contribution in [3.8, 4) is 0 Å². The van der Waals surface area contributed by atoms with Crippen LogP contribution in [0, 0.1) is 0 Å². The third-order valence-electron chi connectivity index (χ3n) is 2.79. The molecule has 0 aromatic carbocycles. The number of carbonyl (C=O) groups excluding carboxylic acids is 1. The van der Waals surface area contributed by atoms with Crippen molar-refractivity contribution in [3.63, 3.8) is 0 Å². The molecule has 92 valence electrons. The average Bonchev–Trinajstić information content (AvgIpc) is 3.12. The van der Waals surface area contributed by atoms with Crippen molar-refractivity contribution in [3.05, 3.63) is 24.0 Å². The average molecular weight is 234 g/mol. The van der Waals surface area contributed by atoms with E-state index in [9.17, 15) is 4.79 Å². The molecule has 1 amide bonds. The Labute approximate surface area is 101 Å². The van der Waals surface area contributed by atoms with Crippen LogP contribution < -0.4 is 16.0 Å². The molecule has 2 rings (SSSR count). The number of aromatic nitrogens is 1. The van der Waals surface area contributed by atoms with Crippen LogP contribution in [-0.4, -0.2) is 30.5 Å². The van der Waals surface area contributed by atoms with Crippen LogP contribution in [0.25, 0.3) is 0 Å². The first-order valence-corrected chi connectivity index (χ1v) is 5.85. The fourth-order valence-corrected chi connectivity index (χ4v) is 1.74. The SMILES string of the molecule is CN(CC(=O)NC1CC1)c1cccnc1CN. The van der Waals surface area contributed by atoms with Crippen molar-refractivity contribution >= 4 is 11.6 Å². The predicted molar refractivity (Wildman–Crippen MR) is 66.6 cm³/mol. The van der Waals surface area contributed by atoms with E-state index in [1.807, 2.05) is 24.1 Å². The molecule has 1 fully saturated rings. The molecule has 1 aliphatic rings. The minimum absolute atomic E-state index is 0.0572. The van der Waals surface area contributed by atoms with Crippen molar-refractivity contribution < 1.29 is 4.79 Å². The maximum atomic E-state index is 11.7. The van der Waals surface area contributed by atoms with Gasteiger partial charge >= 0.3 is 0 Å². The lowest BCUT2D eigenvalue weighted by molar-refractivity contribution is -0.119. The molecule has 5 heteroatoms. The van der Waals surface area contributed by atoms with E-state index in [-0.39, 0.29) is 5.91 Å². The summed E-state index contributed by atoms with van der Waals surface area (Å²) in [6.45, 7) is 0.722. The number of nitrogens with two attached hydrogens (primary N) is 1. The Morgan fingerprint density at radius 2 is 2.41 bits per heavy atom. The van der Waals surface area contributed by atoms with E-state index in [0.717, 1.165) is 24.2 Å². The number of anilines is 1. The van der Waals surface area contributed by atoms with Crippen LogP contribution in [0.2, 0.25) is 0 Å². The summed E-state index contributed by atoms with van der Waals surface area (Å²) in [5.41, 5.74) is 7.35. The quantitative estimate of drug-likeness (QED) is 0.766. The predicted octanol–water partition coefficient (Wildman–Crippen LogP) is 0.255. The largest absolute Gasteiger partial charge is 0.364 e. The van der Waals surface area contributed by atoms with Crippen molar-refractivity contribution in [2.24, 2.45) is 5.73 Å². The molecule has 1 heterocycles. The standard InChI is InChI=1S/C12H18N4O/c1-16(8-12(17)15-9-4-5-9)11-3-2-6-14-10(11)7-13/h2-3,6,9H,4-5,7-8,13H2,1H3,(H,15,17). The van der Waals surface area contributed by atoms with Crippen molar-refractivity contribution in [1.82, 2.24) is 10.3 Å². The highest BCUT2D eigenvalue weighted by atomic mass is 16.2. The topological polar surface area (TPSA) is 71.2 Å². The number of hydrogen-bond donors (Lipinski definition) is 2. The molecule has 1 aliphatic carbocycles. The van der Waals surface area contributed by atoms with Gasteiger partial charge in [0, 0.05) is 25.8 Å². The van der Waals surface area contributed by atoms with Crippen molar-refractivity contribution in [2.75, 3.05) is 18.5 Å². The molecule has 0 radical (unpaired) electrons. The number of pyridine rings is 1. The summed E-state index contributed by atoms with van der Waals surface area (Å²) in [5, 5.41) is 2.96. The van der Waals surface area contributed by atoms with Crippen LogP contribution in [-0.2, 0) is 11.3 Å². The minimum atomic E-state index is 0.0572. The maximum Gasteiger partial charge on any atom is 0.239 e. The molecule has 0 unspecified atom stereocenters. The van der Waals surface area contributed by atoms with Gasteiger partial charge < -0.3 is 16.0 Å². The second-order valence-corrected chi connectivity index (χ2v) is 4.37. The summed E-state index contributed by atoms with van der Waals surface area (Å²) in [7, 11) is 1.88. The second-order valence-electron chi connectivity index (χ2n) is 4.37. The Kier molecular flexibility index (Phi) is 3.58. The highest BCUT2D eigenvalue weighted by Crippen LogP contribution is 2.19. The molecule has 0 saturated heterocycles. The van der Waals surface area contributed by atoms with E-state index in [2.05, 4.69) is 10.3 Å². The van der Waals surface area contributed by atoms with Crippen LogP contribution in [0.5, 0.6) is 0 Å². The molecule has 5 nitrogen and oxygen atoms in total. The molecule has 0 bridgehead atoms. The fourth-order valence-electron chi connectivity index (χ4n) is 1.74. The lowest BCUT2D eigenvalue weighted by Gasteiger charge is -2.20.